The summed E-state index contributed by atoms with van der Waals surface area (Å²) in [6, 6.07) is 9.19. The van der Waals surface area contributed by atoms with Gasteiger partial charge in [0.1, 0.15) is 5.02 Å². The number of carbonyl (C=O) groups is 1. The van der Waals surface area contributed by atoms with Crippen molar-refractivity contribution in [3.63, 3.8) is 0 Å². The van der Waals surface area contributed by atoms with Crippen LogP contribution in [0.15, 0.2) is 41.3 Å². The van der Waals surface area contributed by atoms with E-state index in [0.717, 1.165) is 17.0 Å². The monoisotopic (exact) mass is 454 g/mol. The molecule has 8 nitrogen and oxygen atoms in total. The van der Waals surface area contributed by atoms with Crippen molar-refractivity contribution < 1.29 is 4.79 Å². The maximum Gasteiger partial charge on any atom is 0.292 e. The molecule has 1 aliphatic rings. The molecule has 9 heteroatoms. The van der Waals surface area contributed by atoms with Gasteiger partial charge in [-0.1, -0.05) is 29.8 Å². The van der Waals surface area contributed by atoms with Gasteiger partial charge in [-0.25, -0.2) is 0 Å². The molecule has 2 aromatic heterocycles. The summed E-state index contributed by atoms with van der Waals surface area (Å²) >= 11 is 6.43. The summed E-state index contributed by atoms with van der Waals surface area (Å²) in [5.41, 5.74) is 4.16. The Kier molecular flexibility index (Phi) is 6.32. The van der Waals surface area contributed by atoms with Crippen LogP contribution in [0.5, 0.6) is 0 Å². The van der Waals surface area contributed by atoms with Gasteiger partial charge in [-0.2, -0.15) is 14.9 Å². The van der Waals surface area contributed by atoms with Gasteiger partial charge in [-0.15, -0.1) is 0 Å². The minimum Gasteiger partial charge on any atom is -0.365 e. The second kappa shape index (κ2) is 9.16. The number of rotatable bonds is 5. The molecule has 32 heavy (non-hydrogen) atoms. The predicted molar refractivity (Wildman–Crippen MR) is 125 cm³/mol. The van der Waals surface area contributed by atoms with Gasteiger partial charge in [-0.3, -0.25) is 14.3 Å². The third-order valence-electron chi connectivity index (χ3n) is 6.12. The van der Waals surface area contributed by atoms with E-state index in [2.05, 4.69) is 10.2 Å². The zero-order valence-electron chi connectivity index (χ0n) is 18.6. The first-order valence-corrected chi connectivity index (χ1v) is 11.1. The fourth-order valence-electron chi connectivity index (χ4n) is 4.16. The van der Waals surface area contributed by atoms with Crippen molar-refractivity contribution in [3.8, 4) is 5.69 Å². The first-order chi connectivity index (χ1) is 15.4. The fraction of sp³-hybridized carbons (Fsp3) is 0.391. The molecule has 0 N–H and O–H groups in total. The van der Waals surface area contributed by atoms with Crippen LogP contribution in [-0.4, -0.2) is 56.5 Å². The van der Waals surface area contributed by atoms with Crippen LogP contribution < -0.4 is 10.5 Å². The Morgan fingerprint density at radius 2 is 1.78 bits per heavy atom. The number of hydrogen-bond donors (Lipinski definition) is 0. The summed E-state index contributed by atoms with van der Waals surface area (Å²) in [6.45, 7) is 6.39. The molecular formula is C23H27ClN6O2. The molecule has 0 radical (unpaired) electrons. The van der Waals surface area contributed by atoms with E-state index in [-0.39, 0.29) is 16.5 Å². The lowest BCUT2D eigenvalue weighted by atomic mass is 10.1. The molecule has 1 amide bonds. The van der Waals surface area contributed by atoms with Crippen molar-refractivity contribution >= 4 is 23.2 Å². The molecule has 1 fully saturated rings. The van der Waals surface area contributed by atoms with E-state index < -0.39 is 0 Å². The highest BCUT2D eigenvalue weighted by molar-refractivity contribution is 6.33. The topological polar surface area (TPSA) is 76.3 Å². The van der Waals surface area contributed by atoms with E-state index in [4.69, 9.17) is 11.6 Å². The Balaban J connectivity index is 1.39. The van der Waals surface area contributed by atoms with Gasteiger partial charge in [0, 0.05) is 45.3 Å². The summed E-state index contributed by atoms with van der Waals surface area (Å²) < 4.78 is 3.16. The normalized spacial score (nSPS) is 14.1. The van der Waals surface area contributed by atoms with Gasteiger partial charge in [0.05, 0.1) is 23.3 Å². The van der Waals surface area contributed by atoms with Gasteiger partial charge in [-0.05, 0) is 38.0 Å². The fourth-order valence-corrected chi connectivity index (χ4v) is 4.41. The van der Waals surface area contributed by atoms with E-state index in [1.807, 2.05) is 65.7 Å². The molecule has 1 aromatic carbocycles. The van der Waals surface area contributed by atoms with Gasteiger partial charge in [0.2, 0.25) is 5.91 Å². The number of amides is 1. The van der Waals surface area contributed by atoms with Crippen LogP contribution in [0.3, 0.4) is 0 Å². The van der Waals surface area contributed by atoms with Crippen LogP contribution >= 0.6 is 11.6 Å². The van der Waals surface area contributed by atoms with Crippen LogP contribution in [0.1, 0.15) is 23.4 Å². The molecule has 3 aromatic rings. The van der Waals surface area contributed by atoms with E-state index >= 15 is 0 Å². The highest BCUT2D eigenvalue weighted by Crippen LogP contribution is 2.23. The molecule has 4 rings (SSSR count). The second-order valence-corrected chi connectivity index (χ2v) is 8.42. The number of benzene rings is 1. The van der Waals surface area contributed by atoms with Crippen LogP contribution in [0.25, 0.3) is 5.69 Å². The Labute approximate surface area is 192 Å². The minimum atomic E-state index is -0.351. The smallest absolute Gasteiger partial charge is 0.292 e. The van der Waals surface area contributed by atoms with Gasteiger partial charge in [0.25, 0.3) is 5.56 Å². The van der Waals surface area contributed by atoms with Crippen molar-refractivity contribution in [3.05, 3.63) is 68.9 Å². The minimum absolute atomic E-state index is 0.135. The van der Waals surface area contributed by atoms with Crippen LogP contribution in [0, 0.1) is 13.8 Å². The zero-order valence-corrected chi connectivity index (χ0v) is 19.3. The Hall–Kier alpha value is -3.13. The highest BCUT2D eigenvalue weighted by atomic mass is 35.5. The quantitative estimate of drug-likeness (QED) is 0.592. The Morgan fingerprint density at radius 1 is 1.09 bits per heavy atom. The summed E-state index contributed by atoms with van der Waals surface area (Å²) in [5, 5.41) is 8.88. The van der Waals surface area contributed by atoms with Crippen molar-refractivity contribution in [2.24, 2.45) is 7.05 Å². The average Bonchev–Trinajstić information content (AvgIpc) is 3.05. The number of carbonyl (C=O) groups excluding carboxylic acids is 1. The SMILES string of the molecule is Cc1nn(C)c(C)c1CCC(=O)N1CCN(c2cnn(-c3ccccc3)c(=O)c2Cl)CC1. The van der Waals surface area contributed by atoms with Crippen molar-refractivity contribution in [1.29, 1.82) is 0 Å². The summed E-state index contributed by atoms with van der Waals surface area (Å²) in [6.07, 6.45) is 2.78. The first-order valence-electron chi connectivity index (χ1n) is 10.7. The molecule has 1 aliphatic heterocycles. The van der Waals surface area contributed by atoms with Gasteiger partial charge >= 0.3 is 0 Å². The summed E-state index contributed by atoms with van der Waals surface area (Å²) in [4.78, 5) is 29.4. The Morgan fingerprint density at radius 3 is 2.41 bits per heavy atom. The van der Waals surface area contributed by atoms with E-state index in [0.29, 0.717) is 50.4 Å². The third-order valence-corrected chi connectivity index (χ3v) is 6.48. The number of nitrogens with zero attached hydrogens (tertiary/aromatic N) is 6. The van der Waals surface area contributed by atoms with E-state index in [9.17, 15) is 9.59 Å². The van der Waals surface area contributed by atoms with Crippen molar-refractivity contribution in [2.45, 2.75) is 26.7 Å². The van der Waals surface area contributed by atoms with Gasteiger partial charge in [0.15, 0.2) is 0 Å². The summed E-state index contributed by atoms with van der Waals surface area (Å²) in [5.74, 6) is 0.135. The number of aryl methyl sites for hydroxylation is 2. The second-order valence-electron chi connectivity index (χ2n) is 8.04. The molecule has 1 saturated heterocycles. The number of anilines is 1. The van der Waals surface area contributed by atoms with Crippen molar-refractivity contribution in [2.75, 3.05) is 31.1 Å². The molecule has 0 aliphatic carbocycles. The molecule has 0 spiro atoms. The number of piperazine rings is 1. The largest absolute Gasteiger partial charge is 0.365 e. The highest BCUT2D eigenvalue weighted by Gasteiger charge is 2.24. The molecular weight excluding hydrogens is 428 g/mol. The van der Waals surface area contributed by atoms with Gasteiger partial charge < -0.3 is 9.80 Å². The molecule has 0 unspecified atom stereocenters. The van der Waals surface area contributed by atoms with Crippen LogP contribution in [0.2, 0.25) is 5.02 Å². The number of para-hydroxylation sites is 1. The first kappa shape index (κ1) is 22.1. The molecule has 0 atom stereocenters. The van der Waals surface area contributed by atoms with Crippen LogP contribution in [0.4, 0.5) is 5.69 Å². The molecule has 168 valence electrons. The Bertz CT molecular complexity index is 1180. The number of halogens is 1. The standard InChI is InChI=1S/C23H27ClN6O2/c1-16-19(17(2)27(3)26-16)9-10-21(31)29-13-11-28(12-14-29)20-15-25-30(23(32)22(20)24)18-7-5-4-6-8-18/h4-8,15H,9-14H2,1-3H3. The average molecular weight is 455 g/mol. The maximum atomic E-state index is 12.8. The number of hydrogen-bond acceptors (Lipinski definition) is 5. The molecule has 0 saturated carbocycles. The zero-order chi connectivity index (χ0) is 22.8. The number of aromatic nitrogens is 4. The molecule has 3 heterocycles. The lowest BCUT2D eigenvalue weighted by molar-refractivity contribution is -0.131. The molecule has 0 bridgehead atoms. The van der Waals surface area contributed by atoms with Crippen LogP contribution in [-0.2, 0) is 18.3 Å². The lowest BCUT2D eigenvalue weighted by Gasteiger charge is -2.36. The lowest BCUT2D eigenvalue weighted by Crippen LogP contribution is -2.49. The van der Waals surface area contributed by atoms with E-state index in [1.165, 1.54) is 4.68 Å². The maximum absolute atomic E-state index is 12.8. The van der Waals surface area contributed by atoms with Crippen molar-refractivity contribution in [1.82, 2.24) is 24.5 Å². The van der Waals surface area contributed by atoms with E-state index in [1.54, 1.807) is 6.20 Å². The predicted octanol–water partition coefficient (Wildman–Crippen LogP) is 2.52. The summed E-state index contributed by atoms with van der Waals surface area (Å²) in [7, 11) is 1.92. The third kappa shape index (κ3) is 4.27.